The molecular formula is C14H22N4O2. The Morgan fingerprint density at radius 2 is 1.75 bits per heavy atom. The summed E-state index contributed by atoms with van der Waals surface area (Å²) in [6.07, 6.45) is 0. The first-order chi connectivity index (χ1) is 9.23. The quantitative estimate of drug-likeness (QED) is 0.801. The maximum absolute atomic E-state index is 11.8. The van der Waals surface area contributed by atoms with Gasteiger partial charge in [-0.05, 0) is 25.1 Å². The van der Waals surface area contributed by atoms with E-state index in [1.165, 1.54) is 9.80 Å². The van der Waals surface area contributed by atoms with Crippen LogP contribution in [0.1, 0.15) is 17.3 Å². The minimum atomic E-state index is -0.386. The molecule has 0 aromatic heterocycles. The van der Waals surface area contributed by atoms with Crippen LogP contribution in [0.2, 0.25) is 0 Å². The fraction of sp³-hybridized carbons (Fsp3) is 0.429. The minimum Gasteiger partial charge on any atom is -0.397 e. The zero-order valence-electron chi connectivity index (χ0n) is 12.6. The van der Waals surface area contributed by atoms with E-state index in [0.717, 1.165) is 0 Å². The SMILES string of the molecule is CC(Nc1ccc(C(=O)N(C)C)cc1N)C(=O)N(C)C. The first-order valence-corrected chi connectivity index (χ1v) is 6.33. The van der Waals surface area contributed by atoms with Gasteiger partial charge < -0.3 is 20.9 Å². The molecule has 3 N–H and O–H groups in total. The van der Waals surface area contributed by atoms with Crippen LogP contribution in [-0.2, 0) is 4.79 Å². The first kappa shape index (κ1) is 15.8. The van der Waals surface area contributed by atoms with Gasteiger partial charge in [-0.25, -0.2) is 0 Å². The smallest absolute Gasteiger partial charge is 0.253 e. The van der Waals surface area contributed by atoms with E-state index in [9.17, 15) is 9.59 Å². The first-order valence-electron chi connectivity index (χ1n) is 6.33. The van der Waals surface area contributed by atoms with E-state index in [2.05, 4.69) is 5.32 Å². The van der Waals surface area contributed by atoms with Gasteiger partial charge in [-0.1, -0.05) is 0 Å². The monoisotopic (exact) mass is 278 g/mol. The summed E-state index contributed by atoms with van der Waals surface area (Å²) < 4.78 is 0. The number of hydrogen-bond acceptors (Lipinski definition) is 4. The van der Waals surface area contributed by atoms with E-state index >= 15 is 0 Å². The fourth-order valence-corrected chi connectivity index (χ4v) is 1.77. The normalized spacial score (nSPS) is 11.7. The number of nitrogens with one attached hydrogen (secondary N) is 1. The summed E-state index contributed by atoms with van der Waals surface area (Å²) in [5, 5.41) is 3.05. The predicted octanol–water partition coefficient (Wildman–Crippen LogP) is 0.859. The molecule has 0 aliphatic carbocycles. The second-order valence-electron chi connectivity index (χ2n) is 5.10. The van der Waals surface area contributed by atoms with Gasteiger partial charge in [-0.15, -0.1) is 0 Å². The van der Waals surface area contributed by atoms with Crippen molar-refractivity contribution in [2.45, 2.75) is 13.0 Å². The number of anilines is 2. The van der Waals surface area contributed by atoms with E-state index in [1.54, 1.807) is 53.3 Å². The third kappa shape index (κ3) is 3.63. The summed E-state index contributed by atoms with van der Waals surface area (Å²) in [4.78, 5) is 26.6. The van der Waals surface area contributed by atoms with Crippen LogP contribution in [-0.4, -0.2) is 55.8 Å². The highest BCUT2D eigenvalue weighted by atomic mass is 16.2. The van der Waals surface area contributed by atoms with Crippen molar-refractivity contribution in [3.8, 4) is 0 Å². The van der Waals surface area contributed by atoms with E-state index in [0.29, 0.717) is 16.9 Å². The highest BCUT2D eigenvalue weighted by molar-refractivity contribution is 5.96. The molecule has 1 aromatic rings. The molecule has 1 rings (SSSR count). The Hall–Kier alpha value is -2.24. The summed E-state index contributed by atoms with van der Waals surface area (Å²) in [5.41, 5.74) is 7.53. The Morgan fingerprint density at radius 1 is 1.15 bits per heavy atom. The number of nitrogen functional groups attached to an aromatic ring is 1. The average Bonchev–Trinajstić information content (AvgIpc) is 2.38. The molecule has 1 atom stereocenters. The molecule has 110 valence electrons. The Labute approximate surface area is 119 Å². The molecule has 0 heterocycles. The predicted molar refractivity (Wildman–Crippen MR) is 80.7 cm³/mol. The molecule has 0 spiro atoms. The second kappa shape index (κ2) is 6.27. The van der Waals surface area contributed by atoms with E-state index < -0.39 is 0 Å². The number of amides is 2. The minimum absolute atomic E-state index is 0.0437. The van der Waals surface area contributed by atoms with Crippen LogP contribution >= 0.6 is 0 Å². The van der Waals surface area contributed by atoms with Gasteiger partial charge in [-0.2, -0.15) is 0 Å². The molecule has 1 aromatic carbocycles. The number of rotatable bonds is 4. The number of nitrogens with zero attached hydrogens (tertiary/aromatic N) is 2. The van der Waals surface area contributed by atoms with E-state index in [1.807, 2.05) is 0 Å². The lowest BCUT2D eigenvalue weighted by atomic mass is 10.1. The number of hydrogen-bond donors (Lipinski definition) is 2. The molecule has 6 nitrogen and oxygen atoms in total. The zero-order chi connectivity index (χ0) is 15.4. The third-order valence-electron chi connectivity index (χ3n) is 2.89. The molecule has 1 unspecified atom stereocenters. The van der Waals surface area contributed by atoms with Crippen LogP contribution in [0.15, 0.2) is 18.2 Å². The van der Waals surface area contributed by atoms with Crippen LogP contribution in [0.4, 0.5) is 11.4 Å². The van der Waals surface area contributed by atoms with Crippen molar-refractivity contribution in [3.63, 3.8) is 0 Å². The third-order valence-corrected chi connectivity index (χ3v) is 2.89. The molecule has 0 fully saturated rings. The Morgan fingerprint density at radius 3 is 2.20 bits per heavy atom. The summed E-state index contributed by atoms with van der Waals surface area (Å²) >= 11 is 0. The standard InChI is InChI=1S/C14H22N4O2/c1-9(13(19)17(2)3)16-12-7-6-10(8-11(12)15)14(20)18(4)5/h6-9,16H,15H2,1-5H3. The molecule has 2 amide bonds. The Balaban J connectivity index is 2.89. The van der Waals surface area contributed by atoms with Gasteiger partial charge in [0.1, 0.15) is 6.04 Å². The van der Waals surface area contributed by atoms with Crippen LogP contribution < -0.4 is 11.1 Å². The zero-order valence-corrected chi connectivity index (χ0v) is 12.6. The fourth-order valence-electron chi connectivity index (χ4n) is 1.77. The molecule has 0 aliphatic rings. The number of carbonyl (C=O) groups excluding carboxylic acids is 2. The number of likely N-dealkylation sites (N-methyl/N-ethyl adjacent to an activating group) is 1. The molecule has 0 aliphatic heterocycles. The lowest BCUT2D eigenvalue weighted by molar-refractivity contribution is -0.129. The van der Waals surface area contributed by atoms with Crippen molar-refractivity contribution < 1.29 is 9.59 Å². The molecule has 6 heteroatoms. The maximum atomic E-state index is 11.8. The van der Waals surface area contributed by atoms with Gasteiger partial charge >= 0.3 is 0 Å². The van der Waals surface area contributed by atoms with Crippen LogP contribution in [0.5, 0.6) is 0 Å². The molecule has 20 heavy (non-hydrogen) atoms. The van der Waals surface area contributed by atoms with Crippen LogP contribution in [0.25, 0.3) is 0 Å². The molecule has 0 bridgehead atoms. The molecular weight excluding hydrogens is 256 g/mol. The lowest BCUT2D eigenvalue weighted by Crippen LogP contribution is -2.36. The van der Waals surface area contributed by atoms with Crippen molar-refractivity contribution in [2.24, 2.45) is 0 Å². The lowest BCUT2D eigenvalue weighted by Gasteiger charge is -2.20. The maximum Gasteiger partial charge on any atom is 0.253 e. The number of carbonyl (C=O) groups is 2. The van der Waals surface area contributed by atoms with Gasteiger partial charge in [-0.3, -0.25) is 9.59 Å². The van der Waals surface area contributed by atoms with Gasteiger partial charge in [0, 0.05) is 33.8 Å². The van der Waals surface area contributed by atoms with Gasteiger partial charge in [0.2, 0.25) is 5.91 Å². The number of nitrogens with two attached hydrogens (primary N) is 1. The van der Waals surface area contributed by atoms with Gasteiger partial charge in [0.15, 0.2) is 0 Å². The van der Waals surface area contributed by atoms with E-state index in [4.69, 9.17) is 5.73 Å². The number of benzene rings is 1. The van der Waals surface area contributed by atoms with Gasteiger partial charge in [0.25, 0.3) is 5.91 Å². The van der Waals surface area contributed by atoms with Crippen molar-refractivity contribution >= 4 is 23.2 Å². The molecule has 0 radical (unpaired) electrons. The molecule has 0 saturated carbocycles. The topological polar surface area (TPSA) is 78.7 Å². The van der Waals surface area contributed by atoms with Gasteiger partial charge in [0.05, 0.1) is 11.4 Å². The molecule has 0 saturated heterocycles. The van der Waals surface area contributed by atoms with Crippen molar-refractivity contribution in [1.29, 1.82) is 0 Å². The van der Waals surface area contributed by atoms with Crippen molar-refractivity contribution in [3.05, 3.63) is 23.8 Å². The highest BCUT2D eigenvalue weighted by Gasteiger charge is 2.16. The Bertz CT molecular complexity index is 512. The summed E-state index contributed by atoms with van der Waals surface area (Å²) in [7, 11) is 6.76. The highest BCUT2D eigenvalue weighted by Crippen LogP contribution is 2.21. The second-order valence-corrected chi connectivity index (χ2v) is 5.10. The largest absolute Gasteiger partial charge is 0.397 e. The Kier molecular flexibility index (Phi) is 4.96. The van der Waals surface area contributed by atoms with Crippen molar-refractivity contribution in [2.75, 3.05) is 39.2 Å². The van der Waals surface area contributed by atoms with Crippen LogP contribution in [0.3, 0.4) is 0 Å². The van der Waals surface area contributed by atoms with Crippen molar-refractivity contribution in [1.82, 2.24) is 9.80 Å². The van der Waals surface area contributed by atoms with Crippen LogP contribution in [0, 0.1) is 0 Å². The summed E-state index contributed by atoms with van der Waals surface area (Å²) in [5.74, 6) is -0.154. The average molecular weight is 278 g/mol. The summed E-state index contributed by atoms with van der Waals surface area (Å²) in [6.45, 7) is 1.76. The van der Waals surface area contributed by atoms with E-state index in [-0.39, 0.29) is 17.9 Å². The summed E-state index contributed by atoms with van der Waals surface area (Å²) in [6, 6.07) is 4.62.